The second-order valence-electron chi connectivity index (χ2n) is 13.2. The lowest BCUT2D eigenvalue weighted by molar-refractivity contribution is 0.126. The van der Waals surface area contributed by atoms with Gasteiger partial charge in [-0.3, -0.25) is 0 Å². The molecule has 0 atom stereocenters. The molecule has 2 heterocycles. The molecule has 0 fully saturated rings. The van der Waals surface area contributed by atoms with Crippen molar-refractivity contribution < 1.29 is 47.5 Å². The molecule has 0 amide bonds. The molecule has 290 valence electrons. The van der Waals surface area contributed by atoms with E-state index in [2.05, 4.69) is 0 Å². The van der Waals surface area contributed by atoms with Gasteiger partial charge in [-0.15, -0.1) is 0 Å². The Labute approximate surface area is 323 Å². The number of ether oxygens (including phenoxy) is 8. The Bertz CT molecular complexity index is 2260. The van der Waals surface area contributed by atoms with Gasteiger partial charge in [-0.1, -0.05) is 0 Å². The molecule has 2 aromatic heterocycles. The standard InChI is InChI=1S/C43H43N3O10/c1-44(2)26-27-19-32(53-15-17-55-42(47)45-38-11-7-28(49-3)22-34(38)35-23-29(50-4)8-12-39(35)45)21-33(20-27)54-16-18-56-43(48)46-40-13-9-30(51-5)24-36(40)37-25-31(52-6)10-14-41(37)46/h7-14,19-25H,15-18,26H2,1-6H3. The van der Waals surface area contributed by atoms with Crippen molar-refractivity contribution in [2.45, 2.75) is 6.54 Å². The van der Waals surface area contributed by atoms with Crippen LogP contribution in [0.4, 0.5) is 9.59 Å². The van der Waals surface area contributed by atoms with Gasteiger partial charge in [0.1, 0.15) is 60.9 Å². The van der Waals surface area contributed by atoms with Crippen LogP contribution in [0.5, 0.6) is 34.5 Å². The van der Waals surface area contributed by atoms with E-state index >= 15 is 0 Å². The zero-order chi connectivity index (χ0) is 39.3. The molecule has 0 aliphatic carbocycles. The maximum Gasteiger partial charge on any atom is 0.419 e. The Morgan fingerprint density at radius 3 is 1.11 bits per heavy atom. The lowest BCUT2D eigenvalue weighted by Crippen LogP contribution is -2.18. The first kappa shape index (κ1) is 37.7. The maximum atomic E-state index is 13.5. The smallest absolute Gasteiger partial charge is 0.419 e. The number of aromatic nitrogens is 2. The Morgan fingerprint density at radius 2 is 0.804 bits per heavy atom. The Balaban J connectivity index is 1.000. The predicted octanol–water partition coefficient (Wildman–Crippen LogP) is 8.13. The molecular formula is C43H43N3O10. The van der Waals surface area contributed by atoms with E-state index in [9.17, 15) is 9.59 Å². The number of hydrogen-bond donors (Lipinski definition) is 0. The van der Waals surface area contributed by atoms with Gasteiger partial charge in [0, 0.05) is 34.2 Å². The van der Waals surface area contributed by atoms with Crippen LogP contribution in [0.15, 0.2) is 91.0 Å². The van der Waals surface area contributed by atoms with Crippen LogP contribution in [0.1, 0.15) is 5.56 Å². The van der Waals surface area contributed by atoms with Gasteiger partial charge in [-0.05, 0) is 105 Å². The summed E-state index contributed by atoms with van der Waals surface area (Å²) in [5, 5.41) is 3.33. The average Bonchev–Trinajstić information content (AvgIpc) is 3.71. The first-order valence-corrected chi connectivity index (χ1v) is 17.9. The van der Waals surface area contributed by atoms with E-state index in [1.165, 1.54) is 9.13 Å². The monoisotopic (exact) mass is 761 g/mol. The highest BCUT2D eigenvalue weighted by atomic mass is 16.6. The zero-order valence-electron chi connectivity index (χ0n) is 32.1. The Kier molecular flexibility index (Phi) is 11.1. The third-order valence-corrected chi connectivity index (χ3v) is 9.32. The third kappa shape index (κ3) is 7.66. The summed E-state index contributed by atoms with van der Waals surface area (Å²) in [5.41, 5.74) is 3.67. The van der Waals surface area contributed by atoms with Crippen LogP contribution in [0.3, 0.4) is 0 Å². The van der Waals surface area contributed by atoms with Gasteiger partial charge in [0.15, 0.2) is 0 Å². The van der Waals surface area contributed by atoms with Gasteiger partial charge in [-0.2, -0.15) is 0 Å². The first-order valence-electron chi connectivity index (χ1n) is 17.9. The average molecular weight is 762 g/mol. The minimum absolute atomic E-state index is 0.00131. The molecule has 0 saturated carbocycles. The molecule has 0 bridgehead atoms. The van der Waals surface area contributed by atoms with Gasteiger partial charge in [-0.25, -0.2) is 18.7 Å². The Hall–Kier alpha value is -6.60. The van der Waals surface area contributed by atoms with Crippen molar-refractivity contribution in [1.29, 1.82) is 0 Å². The number of nitrogens with zero attached hydrogens (tertiary/aromatic N) is 3. The van der Waals surface area contributed by atoms with Gasteiger partial charge in [0.2, 0.25) is 0 Å². The fraction of sp³-hybridized carbons (Fsp3) is 0.256. The van der Waals surface area contributed by atoms with E-state index in [-0.39, 0.29) is 26.4 Å². The molecule has 0 spiro atoms. The summed E-state index contributed by atoms with van der Waals surface area (Å²) >= 11 is 0. The van der Waals surface area contributed by atoms with Crippen molar-refractivity contribution >= 4 is 55.8 Å². The molecule has 0 saturated heterocycles. The van der Waals surface area contributed by atoms with Crippen molar-refractivity contribution in [3.63, 3.8) is 0 Å². The summed E-state index contributed by atoms with van der Waals surface area (Å²) in [7, 11) is 10.3. The van der Waals surface area contributed by atoms with Crippen molar-refractivity contribution in [2.75, 3.05) is 69.0 Å². The summed E-state index contributed by atoms with van der Waals surface area (Å²) in [6.07, 6.45) is -1.08. The molecule has 0 aliphatic rings. The zero-order valence-corrected chi connectivity index (χ0v) is 32.1. The summed E-state index contributed by atoms with van der Waals surface area (Å²) in [6, 6.07) is 27.6. The van der Waals surface area contributed by atoms with Crippen molar-refractivity contribution in [2.24, 2.45) is 0 Å². The molecule has 13 heteroatoms. The van der Waals surface area contributed by atoms with Crippen molar-refractivity contribution in [3.8, 4) is 34.5 Å². The minimum Gasteiger partial charge on any atom is -0.497 e. The summed E-state index contributed by atoms with van der Waals surface area (Å²) < 4.78 is 48.3. The number of fused-ring (bicyclic) bond motifs is 6. The molecule has 0 aliphatic heterocycles. The number of carbonyl (C=O) groups excluding carboxylic acids is 2. The number of hydrogen-bond acceptors (Lipinski definition) is 11. The third-order valence-electron chi connectivity index (χ3n) is 9.32. The van der Waals surface area contributed by atoms with Crippen LogP contribution >= 0.6 is 0 Å². The highest BCUT2D eigenvalue weighted by molar-refractivity contribution is 6.14. The van der Waals surface area contributed by atoms with Crippen LogP contribution in [0, 0.1) is 0 Å². The maximum absolute atomic E-state index is 13.5. The van der Waals surface area contributed by atoms with E-state index < -0.39 is 12.2 Å². The topological polar surface area (TPSA) is 121 Å². The normalized spacial score (nSPS) is 11.3. The highest BCUT2D eigenvalue weighted by Gasteiger charge is 2.20. The lowest BCUT2D eigenvalue weighted by atomic mass is 10.1. The van der Waals surface area contributed by atoms with Crippen molar-refractivity contribution in [3.05, 3.63) is 96.6 Å². The van der Waals surface area contributed by atoms with E-state index in [0.717, 1.165) is 27.1 Å². The van der Waals surface area contributed by atoms with Crippen LogP contribution < -0.4 is 28.4 Å². The minimum atomic E-state index is -0.538. The molecular weight excluding hydrogens is 718 g/mol. The summed E-state index contributed by atoms with van der Waals surface area (Å²) in [6.45, 7) is 0.828. The van der Waals surface area contributed by atoms with E-state index in [1.807, 2.05) is 79.7 Å². The largest absolute Gasteiger partial charge is 0.497 e. The molecule has 0 N–H and O–H groups in total. The number of rotatable bonds is 14. The molecule has 7 aromatic rings. The fourth-order valence-corrected chi connectivity index (χ4v) is 6.82. The van der Waals surface area contributed by atoms with Gasteiger partial charge in [0.25, 0.3) is 0 Å². The molecule has 0 radical (unpaired) electrons. The van der Waals surface area contributed by atoms with Crippen LogP contribution in [0.2, 0.25) is 0 Å². The lowest BCUT2D eigenvalue weighted by Gasteiger charge is -2.15. The predicted molar refractivity (Wildman–Crippen MR) is 213 cm³/mol. The summed E-state index contributed by atoms with van der Waals surface area (Å²) in [4.78, 5) is 29.0. The van der Waals surface area contributed by atoms with Crippen LogP contribution in [-0.4, -0.2) is 95.2 Å². The summed E-state index contributed by atoms with van der Waals surface area (Å²) in [5.74, 6) is 3.77. The van der Waals surface area contributed by atoms with Crippen LogP contribution in [-0.2, 0) is 16.0 Å². The second-order valence-corrected chi connectivity index (χ2v) is 13.2. The molecule has 0 unspecified atom stereocenters. The van der Waals surface area contributed by atoms with Crippen LogP contribution in [0.25, 0.3) is 43.6 Å². The second kappa shape index (κ2) is 16.4. The van der Waals surface area contributed by atoms with Gasteiger partial charge >= 0.3 is 12.2 Å². The van der Waals surface area contributed by atoms with E-state index in [0.29, 0.717) is 63.1 Å². The Morgan fingerprint density at radius 1 is 0.464 bits per heavy atom. The van der Waals surface area contributed by atoms with E-state index in [1.54, 1.807) is 58.8 Å². The highest BCUT2D eigenvalue weighted by Crippen LogP contribution is 2.36. The SMILES string of the molecule is COc1ccc2c(c1)c1cc(OC)ccc1n2C(=O)OCCOc1cc(CN(C)C)cc(OCCOC(=O)n2c3ccc(OC)cc3c3cc(OC)ccc32)c1. The number of benzene rings is 5. The quantitative estimate of drug-likeness (QED) is 0.1000. The molecule has 5 aromatic carbocycles. The van der Waals surface area contributed by atoms with Gasteiger partial charge < -0.3 is 42.8 Å². The first-order chi connectivity index (χ1) is 27.2. The molecule has 56 heavy (non-hydrogen) atoms. The fourth-order valence-electron chi connectivity index (χ4n) is 6.82. The van der Waals surface area contributed by atoms with E-state index in [4.69, 9.17) is 37.9 Å². The molecule has 13 nitrogen and oxygen atoms in total. The van der Waals surface area contributed by atoms with Crippen molar-refractivity contribution in [1.82, 2.24) is 14.0 Å². The number of carbonyl (C=O) groups is 2. The number of methoxy groups -OCH3 is 4. The molecule has 7 rings (SSSR count). The van der Waals surface area contributed by atoms with Gasteiger partial charge in [0.05, 0.1) is 50.5 Å².